The van der Waals surface area contributed by atoms with Crippen LogP contribution in [0.5, 0.6) is 0 Å². The molecule has 0 heterocycles. The van der Waals surface area contributed by atoms with Gasteiger partial charge in [-0.3, -0.25) is 9.59 Å². The smallest absolute Gasteiger partial charge is 0.223 e. The highest BCUT2D eigenvalue weighted by atomic mass is 79.9. The van der Waals surface area contributed by atoms with E-state index in [1.165, 1.54) is 13.8 Å². The zero-order chi connectivity index (χ0) is 13.7. The molecule has 0 saturated carbocycles. The molecule has 0 aliphatic heterocycles. The van der Waals surface area contributed by atoms with Gasteiger partial charge in [-0.25, -0.2) is 0 Å². The lowest BCUT2D eigenvalue weighted by atomic mass is 10.2. The third kappa shape index (κ3) is 4.14. The quantitative estimate of drug-likeness (QED) is 0.927. The van der Waals surface area contributed by atoms with Crippen molar-refractivity contribution < 1.29 is 9.59 Å². The van der Waals surface area contributed by atoms with Crippen molar-refractivity contribution in [2.24, 2.45) is 0 Å². The van der Waals surface area contributed by atoms with Gasteiger partial charge in [0.25, 0.3) is 0 Å². The summed E-state index contributed by atoms with van der Waals surface area (Å²) < 4.78 is 0.875. The summed E-state index contributed by atoms with van der Waals surface area (Å²) in [6.45, 7) is 5.86. The van der Waals surface area contributed by atoms with Gasteiger partial charge in [0, 0.05) is 31.4 Å². The van der Waals surface area contributed by atoms with Gasteiger partial charge in [0.2, 0.25) is 11.8 Å². The molecule has 0 radical (unpaired) electrons. The van der Waals surface area contributed by atoms with Crippen molar-refractivity contribution in [3.05, 3.63) is 28.2 Å². The number of anilines is 1. The molecule has 0 atom stereocenters. The lowest BCUT2D eigenvalue weighted by molar-refractivity contribution is -0.119. The highest BCUT2D eigenvalue weighted by molar-refractivity contribution is 9.10. The molecule has 0 aliphatic carbocycles. The Morgan fingerprint density at radius 3 is 2.50 bits per heavy atom. The fourth-order valence-electron chi connectivity index (χ4n) is 1.62. The monoisotopic (exact) mass is 312 g/mol. The van der Waals surface area contributed by atoms with E-state index in [0.717, 1.165) is 15.7 Å². The summed E-state index contributed by atoms with van der Waals surface area (Å²) in [5.41, 5.74) is 1.94. The molecular weight excluding hydrogens is 296 g/mol. The molecule has 0 aromatic heterocycles. The molecule has 18 heavy (non-hydrogen) atoms. The number of hydrogen-bond donors (Lipinski definition) is 1. The van der Waals surface area contributed by atoms with E-state index in [9.17, 15) is 9.59 Å². The van der Waals surface area contributed by atoms with E-state index in [2.05, 4.69) is 21.2 Å². The van der Waals surface area contributed by atoms with Gasteiger partial charge >= 0.3 is 0 Å². The third-order valence-electron chi connectivity index (χ3n) is 2.48. The Kier molecular flexibility index (Phi) is 5.34. The predicted octanol–water partition coefficient (Wildman–Crippen LogP) is 2.25. The second-order valence-electron chi connectivity index (χ2n) is 4.11. The first-order chi connectivity index (χ1) is 8.41. The fraction of sp³-hybridized carbons (Fsp3) is 0.385. The van der Waals surface area contributed by atoms with Gasteiger partial charge in [-0.2, -0.15) is 0 Å². The summed E-state index contributed by atoms with van der Waals surface area (Å²) in [5.74, 6) is -0.147. The van der Waals surface area contributed by atoms with E-state index in [1.54, 1.807) is 4.90 Å². The Morgan fingerprint density at radius 2 is 2.00 bits per heavy atom. The molecule has 1 aromatic rings. The van der Waals surface area contributed by atoms with Gasteiger partial charge in [-0.05, 0) is 40.5 Å². The molecule has 98 valence electrons. The van der Waals surface area contributed by atoms with Crippen molar-refractivity contribution in [3.8, 4) is 0 Å². The lowest BCUT2D eigenvalue weighted by Crippen LogP contribution is -2.37. The van der Waals surface area contributed by atoms with Crippen molar-refractivity contribution in [3.63, 3.8) is 0 Å². The Balaban J connectivity index is 2.84. The Hall–Kier alpha value is -1.36. The second-order valence-corrected chi connectivity index (χ2v) is 4.96. The number of benzene rings is 1. The second kappa shape index (κ2) is 6.54. The molecule has 5 heteroatoms. The van der Waals surface area contributed by atoms with Crippen LogP contribution in [0.1, 0.15) is 19.4 Å². The number of nitrogens with one attached hydrogen (secondary N) is 1. The van der Waals surface area contributed by atoms with Gasteiger partial charge in [0.15, 0.2) is 0 Å². The molecule has 1 aromatic carbocycles. The minimum atomic E-state index is -0.0959. The van der Waals surface area contributed by atoms with E-state index in [1.807, 2.05) is 25.1 Å². The van der Waals surface area contributed by atoms with Crippen molar-refractivity contribution in [2.45, 2.75) is 20.8 Å². The lowest BCUT2D eigenvalue weighted by Gasteiger charge is -2.22. The van der Waals surface area contributed by atoms with Gasteiger partial charge in [-0.1, -0.05) is 6.07 Å². The average molecular weight is 313 g/mol. The molecule has 4 nitrogen and oxygen atoms in total. The molecule has 2 amide bonds. The number of aryl methyl sites for hydroxylation is 1. The maximum Gasteiger partial charge on any atom is 0.223 e. The molecule has 0 bridgehead atoms. The maximum atomic E-state index is 11.6. The Labute approximate surface area is 115 Å². The molecule has 0 unspecified atom stereocenters. The largest absolute Gasteiger partial charge is 0.355 e. The van der Waals surface area contributed by atoms with Gasteiger partial charge in [-0.15, -0.1) is 0 Å². The molecule has 0 aliphatic rings. The van der Waals surface area contributed by atoms with E-state index in [0.29, 0.717) is 13.1 Å². The van der Waals surface area contributed by atoms with Gasteiger partial charge < -0.3 is 10.2 Å². The van der Waals surface area contributed by atoms with Crippen molar-refractivity contribution in [1.29, 1.82) is 0 Å². The van der Waals surface area contributed by atoms with Crippen LogP contribution in [-0.2, 0) is 9.59 Å². The first kappa shape index (κ1) is 14.7. The van der Waals surface area contributed by atoms with Crippen LogP contribution in [0.4, 0.5) is 5.69 Å². The van der Waals surface area contributed by atoms with Crippen molar-refractivity contribution in [1.82, 2.24) is 5.32 Å². The Bertz CT molecular complexity index is 460. The molecule has 0 fully saturated rings. The van der Waals surface area contributed by atoms with Crippen molar-refractivity contribution in [2.75, 3.05) is 18.0 Å². The first-order valence-electron chi connectivity index (χ1n) is 5.70. The van der Waals surface area contributed by atoms with Crippen LogP contribution in [0.15, 0.2) is 22.7 Å². The number of carbonyl (C=O) groups is 2. The summed E-state index contributed by atoms with van der Waals surface area (Å²) in [6, 6.07) is 5.81. The van der Waals surface area contributed by atoms with E-state index in [4.69, 9.17) is 0 Å². The van der Waals surface area contributed by atoms with Gasteiger partial charge in [0.05, 0.1) is 5.69 Å². The molecular formula is C13H17BrN2O2. The maximum absolute atomic E-state index is 11.6. The summed E-state index contributed by atoms with van der Waals surface area (Å²) >= 11 is 3.46. The van der Waals surface area contributed by atoms with Crippen LogP contribution < -0.4 is 10.2 Å². The standard InChI is InChI=1S/C13H17BrN2O2/c1-9-4-5-13(12(14)8-9)16(11(3)18)7-6-15-10(2)17/h4-5,8H,6-7H2,1-3H3,(H,15,17). The van der Waals surface area contributed by atoms with E-state index < -0.39 is 0 Å². The van der Waals surface area contributed by atoms with E-state index in [-0.39, 0.29) is 11.8 Å². The normalized spacial score (nSPS) is 10.0. The summed E-state index contributed by atoms with van der Waals surface area (Å²) in [6.07, 6.45) is 0. The highest BCUT2D eigenvalue weighted by Crippen LogP contribution is 2.27. The SMILES string of the molecule is CC(=O)NCCN(C(C)=O)c1ccc(C)cc1Br. The van der Waals surface area contributed by atoms with Crippen LogP contribution in [0.2, 0.25) is 0 Å². The number of hydrogen-bond acceptors (Lipinski definition) is 2. The van der Waals surface area contributed by atoms with Crippen LogP contribution in [0, 0.1) is 6.92 Å². The Morgan fingerprint density at radius 1 is 1.33 bits per heavy atom. The molecule has 0 saturated heterocycles. The molecule has 0 spiro atoms. The topological polar surface area (TPSA) is 49.4 Å². The number of halogens is 1. The van der Waals surface area contributed by atoms with Crippen LogP contribution in [0.25, 0.3) is 0 Å². The minimum absolute atomic E-state index is 0.0510. The summed E-state index contributed by atoms with van der Waals surface area (Å²) in [5, 5.41) is 2.68. The number of nitrogens with zero attached hydrogens (tertiary/aromatic N) is 1. The zero-order valence-corrected chi connectivity index (χ0v) is 12.4. The highest BCUT2D eigenvalue weighted by Gasteiger charge is 2.14. The predicted molar refractivity (Wildman–Crippen MR) is 75.6 cm³/mol. The van der Waals surface area contributed by atoms with Crippen molar-refractivity contribution >= 4 is 33.4 Å². The zero-order valence-electron chi connectivity index (χ0n) is 10.8. The summed E-state index contributed by atoms with van der Waals surface area (Å²) in [7, 11) is 0. The number of rotatable bonds is 4. The average Bonchev–Trinajstić information content (AvgIpc) is 2.25. The minimum Gasteiger partial charge on any atom is -0.355 e. The van der Waals surface area contributed by atoms with E-state index >= 15 is 0 Å². The molecule has 1 rings (SSSR count). The van der Waals surface area contributed by atoms with Gasteiger partial charge in [0.1, 0.15) is 0 Å². The number of amides is 2. The fourth-order valence-corrected chi connectivity index (χ4v) is 2.33. The summed E-state index contributed by atoms with van der Waals surface area (Å²) in [4.78, 5) is 24.1. The first-order valence-corrected chi connectivity index (χ1v) is 6.50. The number of carbonyl (C=O) groups excluding carboxylic acids is 2. The molecule has 1 N–H and O–H groups in total. The van der Waals surface area contributed by atoms with Crippen LogP contribution >= 0.6 is 15.9 Å². The third-order valence-corrected chi connectivity index (χ3v) is 3.12. The van der Waals surface area contributed by atoms with Crippen LogP contribution in [-0.4, -0.2) is 24.9 Å². The van der Waals surface area contributed by atoms with Crippen LogP contribution in [0.3, 0.4) is 0 Å².